The molecule has 0 aromatic carbocycles. The molecule has 0 saturated carbocycles. The number of hydrogen-bond donors (Lipinski definition) is 1. The molecule has 1 atom stereocenters. The van der Waals surface area contributed by atoms with Crippen LogP contribution < -0.4 is 15.0 Å². The number of ether oxygens (including phenoxy) is 1. The molecule has 1 unspecified atom stereocenters. The van der Waals surface area contributed by atoms with Crippen LogP contribution in [0, 0.1) is 0 Å². The van der Waals surface area contributed by atoms with Gasteiger partial charge in [-0.2, -0.15) is 26.7 Å². The standard InChI is InChI=1S/C13H23N5OS/c1-5-10-8-18(6-7-20-10)12-15-11(14-4)16-13(17-12)19-9(2)3/h9-10H,5-8H2,1-4H3,(H,14,15,16,17). The van der Waals surface area contributed by atoms with Crippen molar-refractivity contribution in [2.24, 2.45) is 0 Å². The van der Waals surface area contributed by atoms with E-state index in [9.17, 15) is 0 Å². The first-order valence-corrected chi connectivity index (χ1v) is 8.14. The highest BCUT2D eigenvalue weighted by molar-refractivity contribution is 8.00. The molecule has 1 saturated heterocycles. The number of hydrogen-bond acceptors (Lipinski definition) is 7. The highest BCUT2D eigenvalue weighted by Crippen LogP contribution is 2.25. The summed E-state index contributed by atoms with van der Waals surface area (Å²) in [5, 5.41) is 3.62. The summed E-state index contributed by atoms with van der Waals surface area (Å²) in [4.78, 5) is 15.4. The largest absolute Gasteiger partial charge is 0.461 e. The van der Waals surface area contributed by atoms with Gasteiger partial charge >= 0.3 is 6.01 Å². The fraction of sp³-hybridized carbons (Fsp3) is 0.769. The van der Waals surface area contributed by atoms with E-state index in [0.717, 1.165) is 18.8 Å². The molecule has 2 rings (SSSR count). The summed E-state index contributed by atoms with van der Waals surface area (Å²) in [5.41, 5.74) is 0. The van der Waals surface area contributed by atoms with Gasteiger partial charge in [0.25, 0.3) is 0 Å². The maximum Gasteiger partial charge on any atom is 0.323 e. The molecule has 2 heterocycles. The van der Waals surface area contributed by atoms with Crippen LogP contribution in [0.2, 0.25) is 0 Å². The van der Waals surface area contributed by atoms with Gasteiger partial charge in [0.1, 0.15) is 0 Å². The maximum absolute atomic E-state index is 5.61. The Balaban J connectivity index is 2.20. The zero-order valence-electron chi connectivity index (χ0n) is 12.6. The van der Waals surface area contributed by atoms with E-state index in [-0.39, 0.29) is 6.10 Å². The summed E-state index contributed by atoms with van der Waals surface area (Å²) in [6.45, 7) is 8.10. The molecule has 1 aliphatic rings. The molecule has 0 bridgehead atoms. The first-order valence-electron chi connectivity index (χ1n) is 7.09. The maximum atomic E-state index is 5.61. The Morgan fingerprint density at radius 3 is 2.85 bits per heavy atom. The third-order valence-electron chi connectivity index (χ3n) is 3.04. The van der Waals surface area contributed by atoms with Crippen LogP contribution in [0.5, 0.6) is 6.01 Å². The van der Waals surface area contributed by atoms with Crippen LogP contribution in [0.3, 0.4) is 0 Å². The van der Waals surface area contributed by atoms with Gasteiger partial charge in [-0.15, -0.1) is 0 Å². The van der Waals surface area contributed by atoms with Gasteiger partial charge in [-0.1, -0.05) is 6.92 Å². The molecule has 1 aromatic rings. The van der Waals surface area contributed by atoms with Crippen molar-refractivity contribution >= 4 is 23.7 Å². The van der Waals surface area contributed by atoms with Gasteiger partial charge < -0.3 is 15.0 Å². The van der Waals surface area contributed by atoms with E-state index in [1.807, 2.05) is 25.6 Å². The van der Waals surface area contributed by atoms with Gasteiger partial charge in [-0.05, 0) is 20.3 Å². The van der Waals surface area contributed by atoms with Crippen molar-refractivity contribution in [3.63, 3.8) is 0 Å². The van der Waals surface area contributed by atoms with E-state index in [1.165, 1.54) is 6.42 Å². The summed E-state index contributed by atoms with van der Waals surface area (Å²) in [6.07, 6.45) is 1.22. The summed E-state index contributed by atoms with van der Waals surface area (Å²) < 4.78 is 5.61. The van der Waals surface area contributed by atoms with Gasteiger partial charge in [0.05, 0.1) is 6.10 Å². The zero-order valence-corrected chi connectivity index (χ0v) is 13.4. The minimum Gasteiger partial charge on any atom is -0.461 e. The Bertz CT molecular complexity index is 443. The van der Waals surface area contributed by atoms with Crippen LogP contribution >= 0.6 is 11.8 Å². The zero-order chi connectivity index (χ0) is 14.5. The molecular formula is C13H23N5OS. The fourth-order valence-corrected chi connectivity index (χ4v) is 3.19. The van der Waals surface area contributed by atoms with Crippen LogP contribution in [0.4, 0.5) is 11.9 Å². The molecular weight excluding hydrogens is 274 g/mol. The first-order chi connectivity index (χ1) is 9.62. The lowest BCUT2D eigenvalue weighted by Gasteiger charge is -2.32. The number of rotatable bonds is 5. The number of nitrogens with one attached hydrogen (secondary N) is 1. The van der Waals surface area contributed by atoms with Crippen LogP contribution in [0.25, 0.3) is 0 Å². The minimum atomic E-state index is 0.0512. The third-order valence-corrected chi connectivity index (χ3v) is 4.42. The van der Waals surface area contributed by atoms with Gasteiger partial charge in [0, 0.05) is 31.1 Å². The SMILES string of the molecule is CCC1CN(c2nc(NC)nc(OC(C)C)n2)CCS1. The summed E-state index contributed by atoms with van der Waals surface area (Å²) in [5.74, 6) is 2.37. The van der Waals surface area contributed by atoms with Crippen molar-refractivity contribution in [2.75, 3.05) is 36.1 Å². The Morgan fingerprint density at radius 1 is 1.40 bits per heavy atom. The Labute approximate surface area is 124 Å². The summed E-state index contributed by atoms with van der Waals surface area (Å²) >= 11 is 2.03. The molecule has 1 aromatic heterocycles. The quantitative estimate of drug-likeness (QED) is 0.892. The molecule has 0 aliphatic carbocycles. The first kappa shape index (κ1) is 15.2. The van der Waals surface area contributed by atoms with Gasteiger partial charge in [-0.25, -0.2) is 0 Å². The molecule has 112 valence electrons. The molecule has 20 heavy (non-hydrogen) atoms. The minimum absolute atomic E-state index is 0.0512. The van der Waals surface area contributed by atoms with E-state index in [0.29, 0.717) is 23.2 Å². The lowest BCUT2D eigenvalue weighted by Crippen LogP contribution is -2.38. The van der Waals surface area contributed by atoms with Gasteiger partial charge in [0.15, 0.2) is 0 Å². The Hall–Kier alpha value is -1.24. The molecule has 0 radical (unpaired) electrons. The van der Waals surface area contributed by atoms with Crippen molar-refractivity contribution in [2.45, 2.75) is 38.5 Å². The average molecular weight is 297 g/mol. The fourth-order valence-electron chi connectivity index (χ4n) is 2.01. The number of thioether (sulfide) groups is 1. The van der Waals surface area contributed by atoms with Gasteiger partial charge in [0.2, 0.25) is 11.9 Å². The second-order valence-electron chi connectivity index (χ2n) is 5.01. The van der Waals surface area contributed by atoms with Crippen LogP contribution in [0.15, 0.2) is 0 Å². The summed E-state index contributed by atoms with van der Waals surface area (Å²) in [6, 6.07) is 0.389. The third kappa shape index (κ3) is 3.88. The normalized spacial score (nSPS) is 19.2. The Kier molecular flexibility index (Phi) is 5.28. The van der Waals surface area contributed by atoms with Crippen molar-refractivity contribution in [3.05, 3.63) is 0 Å². The lowest BCUT2D eigenvalue weighted by molar-refractivity contribution is 0.222. The van der Waals surface area contributed by atoms with Crippen molar-refractivity contribution in [3.8, 4) is 6.01 Å². The summed E-state index contributed by atoms with van der Waals surface area (Å²) in [7, 11) is 1.80. The second-order valence-corrected chi connectivity index (χ2v) is 6.41. The van der Waals surface area contributed by atoms with Gasteiger partial charge in [-0.3, -0.25) is 0 Å². The highest BCUT2D eigenvalue weighted by atomic mass is 32.2. The van der Waals surface area contributed by atoms with Crippen LogP contribution in [-0.2, 0) is 0 Å². The number of anilines is 2. The molecule has 6 nitrogen and oxygen atoms in total. The number of aromatic nitrogens is 3. The highest BCUT2D eigenvalue weighted by Gasteiger charge is 2.22. The monoisotopic (exact) mass is 297 g/mol. The predicted molar refractivity (Wildman–Crippen MR) is 83.9 cm³/mol. The van der Waals surface area contributed by atoms with E-state index >= 15 is 0 Å². The van der Waals surface area contributed by atoms with Crippen LogP contribution in [0.1, 0.15) is 27.2 Å². The van der Waals surface area contributed by atoms with Crippen molar-refractivity contribution in [1.29, 1.82) is 0 Å². The van der Waals surface area contributed by atoms with Crippen molar-refractivity contribution in [1.82, 2.24) is 15.0 Å². The smallest absolute Gasteiger partial charge is 0.323 e. The Morgan fingerprint density at radius 2 is 2.20 bits per heavy atom. The van der Waals surface area contributed by atoms with Crippen LogP contribution in [-0.4, -0.2) is 52.2 Å². The molecule has 7 heteroatoms. The molecule has 0 amide bonds. The lowest BCUT2D eigenvalue weighted by atomic mass is 10.3. The topological polar surface area (TPSA) is 63.2 Å². The van der Waals surface area contributed by atoms with E-state index < -0.39 is 0 Å². The number of nitrogens with zero attached hydrogens (tertiary/aromatic N) is 4. The molecule has 0 spiro atoms. The molecule has 1 N–H and O–H groups in total. The van der Waals surface area contributed by atoms with E-state index in [1.54, 1.807) is 7.05 Å². The second kappa shape index (κ2) is 6.97. The van der Waals surface area contributed by atoms with E-state index in [2.05, 4.69) is 32.1 Å². The molecule has 1 aliphatic heterocycles. The predicted octanol–water partition coefficient (Wildman–Crippen LogP) is 2.03. The molecule has 1 fully saturated rings. The average Bonchev–Trinajstić information content (AvgIpc) is 2.46. The van der Waals surface area contributed by atoms with E-state index in [4.69, 9.17) is 4.74 Å². The van der Waals surface area contributed by atoms with Crippen molar-refractivity contribution < 1.29 is 4.74 Å².